The monoisotopic (exact) mass is 491 g/mol. The average molecular weight is 492 g/mol. The maximum atomic E-state index is 12.9. The van der Waals surface area contributed by atoms with Crippen LogP contribution in [0.25, 0.3) is 0 Å². The molecule has 0 amide bonds. The third-order valence-electron chi connectivity index (χ3n) is 5.67. The van der Waals surface area contributed by atoms with Crippen LogP contribution in [0.3, 0.4) is 0 Å². The Morgan fingerprint density at radius 1 is 0.622 bits per heavy atom. The second-order valence-corrected chi connectivity index (χ2v) is 8.63. The molecule has 4 rings (SSSR count). The number of nitrogens with zero attached hydrogens (tertiary/aromatic N) is 4. The zero-order valence-corrected chi connectivity index (χ0v) is 20.7. The van der Waals surface area contributed by atoms with Crippen LogP contribution in [0, 0.1) is 0 Å². The summed E-state index contributed by atoms with van der Waals surface area (Å²) in [4.78, 5) is 12.9. The third-order valence-corrected chi connectivity index (χ3v) is 5.67. The molecule has 4 aromatic rings. The van der Waals surface area contributed by atoms with Crippen molar-refractivity contribution in [1.82, 2.24) is 0 Å². The lowest BCUT2D eigenvalue weighted by Crippen LogP contribution is -2.52. The number of ether oxygens (including phenoxy) is 1. The normalized spacial score (nSPS) is 13.0. The number of azo groups is 2. The van der Waals surface area contributed by atoms with Crippen LogP contribution < -0.4 is 5.73 Å². The Morgan fingerprint density at radius 3 is 1.32 bits per heavy atom. The SMILES string of the molecule is CCOC(=O)C(N)(Cc1ccc(N=Nc2ccccc2)cc1)Cc1ccc(N=Nc2ccccc2)cc1. The van der Waals surface area contributed by atoms with Gasteiger partial charge in [-0.25, -0.2) is 0 Å². The molecule has 4 aromatic carbocycles. The van der Waals surface area contributed by atoms with E-state index < -0.39 is 11.5 Å². The molecule has 0 aliphatic carbocycles. The lowest BCUT2D eigenvalue weighted by atomic mass is 9.85. The van der Waals surface area contributed by atoms with E-state index in [1.165, 1.54) is 0 Å². The summed E-state index contributed by atoms with van der Waals surface area (Å²) in [5.41, 5.74) is 10.3. The highest BCUT2D eigenvalue weighted by Gasteiger charge is 2.36. The van der Waals surface area contributed by atoms with Gasteiger partial charge in [0.05, 0.1) is 29.4 Å². The Bertz CT molecular complexity index is 1240. The van der Waals surface area contributed by atoms with Crippen molar-refractivity contribution in [2.24, 2.45) is 26.2 Å². The predicted molar refractivity (Wildman–Crippen MR) is 145 cm³/mol. The van der Waals surface area contributed by atoms with Crippen molar-refractivity contribution in [2.45, 2.75) is 25.3 Å². The Labute approximate surface area is 216 Å². The number of benzene rings is 4. The fraction of sp³-hybridized carbons (Fsp3) is 0.167. The van der Waals surface area contributed by atoms with E-state index in [9.17, 15) is 4.79 Å². The Hall–Kier alpha value is -4.49. The van der Waals surface area contributed by atoms with Crippen molar-refractivity contribution in [3.05, 3.63) is 120 Å². The summed E-state index contributed by atoms with van der Waals surface area (Å²) in [6.07, 6.45) is 0.634. The van der Waals surface area contributed by atoms with Crippen molar-refractivity contribution >= 4 is 28.7 Å². The number of esters is 1. The van der Waals surface area contributed by atoms with E-state index in [2.05, 4.69) is 20.5 Å². The van der Waals surface area contributed by atoms with E-state index in [1.807, 2.05) is 109 Å². The van der Waals surface area contributed by atoms with Gasteiger partial charge in [0.15, 0.2) is 0 Å². The predicted octanol–water partition coefficient (Wildman–Crippen LogP) is 7.56. The summed E-state index contributed by atoms with van der Waals surface area (Å²) >= 11 is 0. The average Bonchev–Trinajstić information content (AvgIpc) is 2.93. The summed E-state index contributed by atoms with van der Waals surface area (Å²) < 4.78 is 5.34. The quantitative estimate of drug-likeness (QED) is 0.183. The van der Waals surface area contributed by atoms with Crippen LogP contribution >= 0.6 is 0 Å². The largest absolute Gasteiger partial charge is 0.465 e. The van der Waals surface area contributed by atoms with Crippen molar-refractivity contribution in [1.29, 1.82) is 0 Å². The number of carbonyl (C=O) groups is 1. The van der Waals surface area contributed by atoms with Crippen LogP contribution in [0.15, 0.2) is 130 Å². The van der Waals surface area contributed by atoms with Gasteiger partial charge in [0, 0.05) is 12.8 Å². The van der Waals surface area contributed by atoms with E-state index >= 15 is 0 Å². The van der Waals surface area contributed by atoms with Crippen molar-refractivity contribution in [3.8, 4) is 0 Å². The maximum absolute atomic E-state index is 12.9. The topological polar surface area (TPSA) is 102 Å². The molecule has 0 heterocycles. The standard InChI is InChI=1S/C30H29N5O2/c1-2-37-29(36)30(31,21-23-13-17-27(18-14-23)34-32-25-9-5-3-6-10-25)22-24-15-19-28(20-16-24)35-33-26-11-7-4-8-12-26/h3-20H,2,21-22,31H2,1H3. The van der Waals surface area contributed by atoms with Gasteiger partial charge in [-0.15, -0.1) is 0 Å². The Kier molecular flexibility index (Phi) is 8.62. The van der Waals surface area contributed by atoms with Gasteiger partial charge in [0.2, 0.25) is 0 Å². The highest BCUT2D eigenvalue weighted by molar-refractivity contribution is 5.81. The lowest BCUT2D eigenvalue weighted by Gasteiger charge is -2.27. The molecule has 186 valence electrons. The number of hydrogen-bond acceptors (Lipinski definition) is 7. The number of rotatable bonds is 10. The summed E-state index contributed by atoms with van der Waals surface area (Å²) in [6.45, 7) is 2.03. The second-order valence-electron chi connectivity index (χ2n) is 8.63. The number of hydrogen-bond donors (Lipinski definition) is 1. The molecule has 0 aromatic heterocycles. The molecule has 0 saturated heterocycles. The Balaban J connectivity index is 1.45. The summed E-state index contributed by atoms with van der Waals surface area (Å²) in [5.74, 6) is -0.435. The van der Waals surface area contributed by atoms with Crippen LogP contribution in [-0.2, 0) is 22.4 Å². The van der Waals surface area contributed by atoms with Crippen molar-refractivity contribution in [3.63, 3.8) is 0 Å². The zero-order chi connectivity index (χ0) is 25.9. The molecule has 0 aliphatic rings. The van der Waals surface area contributed by atoms with Gasteiger partial charge in [0.25, 0.3) is 0 Å². The first-order chi connectivity index (χ1) is 18.0. The smallest absolute Gasteiger partial charge is 0.326 e. The fourth-order valence-electron chi connectivity index (χ4n) is 3.79. The molecule has 0 spiro atoms. The van der Waals surface area contributed by atoms with E-state index in [4.69, 9.17) is 10.5 Å². The van der Waals surface area contributed by atoms with Gasteiger partial charge < -0.3 is 10.5 Å². The summed E-state index contributed by atoms with van der Waals surface area (Å²) in [6, 6.07) is 34.2. The Morgan fingerprint density at radius 2 is 0.973 bits per heavy atom. The van der Waals surface area contributed by atoms with E-state index in [0.717, 1.165) is 22.5 Å². The molecule has 0 atom stereocenters. The molecular formula is C30H29N5O2. The van der Waals surface area contributed by atoms with Gasteiger partial charge in [-0.2, -0.15) is 20.5 Å². The molecular weight excluding hydrogens is 462 g/mol. The van der Waals surface area contributed by atoms with Crippen molar-refractivity contribution in [2.75, 3.05) is 6.61 Å². The van der Waals surface area contributed by atoms with E-state index in [1.54, 1.807) is 6.92 Å². The van der Waals surface area contributed by atoms with Crippen LogP contribution in [0.1, 0.15) is 18.1 Å². The van der Waals surface area contributed by atoms with Gasteiger partial charge in [-0.1, -0.05) is 60.7 Å². The van der Waals surface area contributed by atoms with Gasteiger partial charge in [-0.05, 0) is 66.6 Å². The highest BCUT2D eigenvalue weighted by Crippen LogP contribution is 2.24. The van der Waals surface area contributed by atoms with Gasteiger partial charge >= 0.3 is 5.97 Å². The summed E-state index contributed by atoms with van der Waals surface area (Å²) in [5, 5.41) is 17.0. The molecule has 7 heteroatoms. The molecule has 2 N–H and O–H groups in total. The molecule has 0 radical (unpaired) electrons. The third kappa shape index (κ3) is 7.49. The first kappa shape index (κ1) is 25.6. The zero-order valence-electron chi connectivity index (χ0n) is 20.7. The molecule has 0 bridgehead atoms. The van der Waals surface area contributed by atoms with Gasteiger partial charge in [0.1, 0.15) is 5.54 Å². The molecule has 0 saturated carbocycles. The minimum Gasteiger partial charge on any atom is -0.465 e. The highest BCUT2D eigenvalue weighted by atomic mass is 16.5. The fourth-order valence-corrected chi connectivity index (χ4v) is 3.79. The van der Waals surface area contributed by atoms with Crippen molar-refractivity contribution < 1.29 is 9.53 Å². The molecule has 0 unspecified atom stereocenters. The minimum absolute atomic E-state index is 0.259. The second kappa shape index (κ2) is 12.5. The van der Waals surface area contributed by atoms with Crippen LogP contribution in [0.2, 0.25) is 0 Å². The van der Waals surface area contributed by atoms with E-state index in [-0.39, 0.29) is 6.61 Å². The first-order valence-corrected chi connectivity index (χ1v) is 12.1. The molecule has 0 fully saturated rings. The maximum Gasteiger partial charge on any atom is 0.326 e. The van der Waals surface area contributed by atoms with Gasteiger partial charge in [-0.3, -0.25) is 4.79 Å². The van der Waals surface area contributed by atoms with E-state index in [0.29, 0.717) is 24.2 Å². The number of nitrogens with two attached hydrogens (primary N) is 1. The van der Waals surface area contributed by atoms with Crippen LogP contribution in [-0.4, -0.2) is 18.1 Å². The first-order valence-electron chi connectivity index (χ1n) is 12.1. The lowest BCUT2D eigenvalue weighted by molar-refractivity contribution is -0.149. The minimum atomic E-state index is -1.23. The summed E-state index contributed by atoms with van der Waals surface area (Å²) in [7, 11) is 0. The molecule has 7 nitrogen and oxygen atoms in total. The van der Waals surface area contributed by atoms with Crippen LogP contribution in [0.5, 0.6) is 0 Å². The molecule has 37 heavy (non-hydrogen) atoms. The number of carbonyl (C=O) groups excluding carboxylic acids is 1. The van der Waals surface area contributed by atoms with Crippen LogP contribution in [0.4, 0.5) is 22.7 Å². The molecule has 0 aliphatic heterocycles.